The molecule has 0 bridgehead atoms. The monoisotopic (exact) mass is 318 g/mol. The molecule has 1 aliphatic heterocycles. The summed E-state index contributed by atoms with van der Waals surface area (Å²) in [4.78, 5) is 14.3. The Balaban J connectivity index is 1.96. The smallest absolute Gasteiger partial charge is 0.352 e. The number of likely N-dealkylation sites (tertiary alicyclic amines) is 1. The average molecular weight is 318 g/mol. The van der Waals surface area contributed by atoms with Gasteiger partial charge in [-0.25, -0.2) is 0 Å². The first-order chi connectivity index (χ1) is 10.2. The Morgan fingerprint density at radius 3 is 2.73 bits per heavy atom. The lowest BCUT2D eigenvalue weighted by Gasteiger charge is -2.20. The fourth-order valence-corrected chi connectivity index (χ4v) is 2.69. The van der Waals surface area contributed by atoms with E-state index in [-0.39, 0.29) is 5.92 Å². The minimum Gasteiger partial charge on any atom is -0.352 e. The second-order valence-corrected chi connectivity index (χ2v) is 6.02. The Morgan fingerprint density at radius 1 is 1.50 bits per heavy atom. The molecule has 0 saturated carbocycles. The molecule has 1 aromatic rings. The van der Waals surface area contributed by atoms with E-state index >= 15 is 0 Å². The molecule has 0 spiro atoms. The molecule has 1 unspecified atom stereocenters. The van der Waals surface area contributed by atoms with Crippen molar-refractivity contribution in [3.8, 4) is 0 Å². The van der Waals surface area contributed by atoms with E-state index in [0.717, 1.165) is 30.4 Å². The molecule has 2 rings (SSSR count). The number of halogens is 3. The van der Waals surface area contributed by atoms with Crippen LogP contribution in [0.4, 0.5) is 13.2 Å². The molecule has 0 aromatic carbocycles. The number of aryl methyl sites for hydroxylation is 1. The van der Waals surface area contributed by atoms with Crippen LogP contribution in [0.2, 0.25) is 0 Å². The van der Waals surface area contributed by atoms with E-state index in [1.807, 2.05) is 0 Å². The van der Waals surface area contributed by atoms with E-state index < -0.39 is 23.3 Å². The summed E-state index contributed by atoms with van der Waals surface area (Å²) < 4.78 is 39.5. The minimum atomic E-state index is -4.63. The van der Waals surface area contributed by atoms with Gasteiger partial charge < -0.3 is 10.2 Å². The van der Waals surface area contributed by atoms with Gasteiger partial charge in [0.25, 0.3) is 5.91 Å². The van der Waals surface area contributed by atoms with Gasteiger partial charge in [0.1, 0.15) is 0 Å². The molecule has 124 valence electrons. The van der Waals surface area contributed by atoms with Crippen molar-refractivity contribution < 1.29 is 18.0 Å². The van der Waals surface area contributed by atoms with E-state index in [2.05, 4.69) is 29.2 Å². The summed E-state index contributed by atoms with van der Waals surface area (Å²) in [5.41, 5.74) is -1.56. The lowest BCUT2D eigenvalue weighted by atomic mass is 10.1. The predicted molar refractivity (Wildman–Crippen MR) is 75.4 cm³/mol. The van der Waals surface area contributed by atoms with Crippen LogP contribution in [0, 0.1) is 5.92 Å². The van der Waals surface area contributed by atoms with Gasteiger partial charge in [-0.1, -0.05) is 0 Å². The lowest BCUT2D eigenvalue weighted by Crippen LogP contribution is -2.33. The molecule has 0 radical (unpaired) electrons. The zero-order valence-electron chi connectivity index (χ0n) is 12.9. The molecule has 2 heterocycles. The van der Waals surface area contributed by atoms with Gasteiger partial charge in [-0.3, -0.25) is 9.48 Å². The zero-order chi connectivity index (χ0) is 16.5. The molecule has 1 fully saturated rings. The number of hydrogen-bond donors (Lipinski definition) is 1. The van der Waals surface area contributed by atoms with Gasteiger partial charge in [0.15, 0.2) is 5.69 Å². The number of rotatable bonds is 4. The molecule has 1 atom stereocenters. The van der Waals surface area contributed by atoms with Crippen LogP contribution in [-0.4, -0.2) is 46.3 Å². The maximum Gasteiger partial charge on any atom is 0.435 e. The number of carbonyl (C=O) groups is 1. The fraction of sp³-hybridized carbons (Fsp3) is 0.714. The molecule has 1 aliphatic rings. The largest absolute Gasteiger partial charge is 0.435 e. The third-order valence-electron chi connectivity index (χ3n) is 3.94. The predicted octanol–water partition coefficient (Wildman–Crippen LogP) is 1.90. The highest BCUT2D eigenvalue weighted by Gasteiger charge is 2.39. The van der Waals surface area contributed by atoms with Gasteiger partial charge in [0.05, 0.1) is 5.56 Å². The Morgan fingerprint density at radius 2 is 2.18 bits per heavy atom. The highest BCUT2D eigenvalue weighted by Crippen LogP contribution is 2.30. The number of alkyl halides is 3. The maximum absolute atomic E-state index is 12.8. The van der Waals surface area contributed by atoms with Crippen LogP contribution in [0.1, 0.15) is 36.3 Å². The summed E-state index contributed by atoms with van der Waals surface area (Å²) in [6, 6.07) is 0.441. The van der Waals surface area contributed by atoms with E-state index in [1.54, 1.807) is 0 Å². The summed E-state index contributed by atoms with van der Waals surface area (Å²) in [5.74, 6) is -0.444. The first-order valence-corrected chi connectivity index (χ1v) is 7.31. The van der Waals surface area contributed by atoms with Gasteiger partial charge in [-0.05, 0) is 32.7 Å². The molecule has 1 aromatic heterocycles. The van der Waals surface area contributed by atoms with Crippen LogP contribution < -0.4 is 5.32 Å². The number of amides is 1. The average Bonchev–Trinajstić information content (AvgIpc) is 3.01. The second-order valence-electron chi connectivity index (χ2n) is 6.02. The van der Waals surface area contributed by atoms with Crippen LogP contribution in [0.5, 0.6) is 0 Å². The Hall–Kier alpha value is -1.57. The summed E-state index contributed by atoms with van der Waals surface area (Å²) in [5, 5.41) is 5.95. The van der Waals surface area contributed by atoms with Crippen LogP contribution in [0.25, 0.3) is 0 Å². The van der Waals surface area contributed by atoms with Gasteiger partial charge >= 0.3 is 6.18 Å². The fourth-order valence-electron chi connectivity index (χ4n) is 2.69. The van der Waals surface area contributed by atoms with Crippen LogP contribution in [0.3, 0.4) is 0 Å². The van der Waals surface area contributed by atoms with Crippen LogP contribution in [-0.2, 0) is 13.2 Å². The number of nitrogens with one attached hydrogen (secondary N) is 1. The molecule has 22 heavy (non-hydrogen) atoms. The first kappa shape index (κ1) is 16.8. The quantitative estimate of drug-likeness (QED) is 0.922. The number of hydrogen-bond acceptors (Lipinski definition) is 3. The summed E-state index contributed by atoms with van der Waals surface area (Å²) in [7, 11) is 1.36. The molecule has 5 nitrogen and oxygen atoms in total. The maximum atomic E-state index is 12.8. The second kappa shape index (κ2) is 6.28. The van der Waals surface area contributed by atoms with Crippen molar-refractivity contribution in [2.45, 2.75) is 32.5 Å². The number of carbonyl (C=O) groups excluding carboxylic acids is 1. The summed E-state index contributed by atoms with van der Waals surface area (Å²) in [6.45, 7) is 6.41. The van der Waals surface area contributed by atoms with Crippen molar-refractivity contribution in [3.63, 3.8) is 0 Å². The molecule has 8 heteroatoms. The molecule has 1 saturated heterocycles. The molecular weight excluding hydrogens is 297 g/mol. The van der Waals surface area contributed by atoms with Gasteiger partial charge in [-0.15, -0.1) is 0 Å². The van der Waals surface area contributed by atoms with Crippen molar-refractivity contribution in [1.29, 1.82) is 0 Å². The number of nitrogens with zero attached hydrogens (tertiary/aromatic N) is 3. The summed E-state index contributed by atoms with van der Waals surface area (Å²) >= 11 is 0. The highest BCUT2D eigenvalue weighted by molar-refractivity contribution is 5.95. The van der Waals surface area contributed by atoms with Crippen molar-refractivity contribution in [1.82, 2.24) is 20.0 Å². The minimum absolute atomic E-state index is 0.275. The van der Waals surface area contributed by atoms with Crippen molar-refractivity contribution in [2.24, 2.45) is 13.0 Å². The molecule has 1 amide bonds. The lowest BCUT2D eigenvalue weighted by molar-refractivity contribution is -0.141. The Kier molecular flexibility index (Phi) is 4.79. The molecular formula is C14H21F3N4O. The third kappa shape index (κ3) is 3.79. The normalized spacial score (nSPS) is 19.9. The van der Waals surface area contributed by atoms with Gasteiger partial charge in [0.2, 0.25) is 0 Å². The van der Waals surface area contributed by atoms with E-state index in [1.165, 1.54) is 7.05 Å². The van der Waals surface area contributed by atoms with Crippen LogP contribution >= 0.6 is 0 Å². The first-order valence-electron chi connectivity index (χ1n) is 7.31. The summed E-state index contributed by atoms with van der Waals surface area (Å²) in [6.07, 6.45) is -2.58. The third-order valence-corrected chi connectivity index (χ3v) is 3.94. The Bertz CT molecular complexity index is 539. The van der Waals surface area contributed by atoms with Crippen molar-refractivity contribution in [2.75, 3.05) is 19.6 Å². The van der Waals surface area contributed by atoms with E-state index in [9.17, 15) is 18.0 Å². The topological polar surface area (TPSA) is 50.2 Å². The standard InChI is InChI=1S/C14H21F3N4O/c1-9(2)21-5-4-10(7-21)6-18-13(22)11-8-20(3)19-12(11)14(15,16)17/h8-10H,4-7H2,1-3H3,(H,18,22). The van der Waals surface area contributed by atoms with E-state index in [4.69, 9.17) is 0 Å². The number of aromatic nitrogens is 2. The van der Waals surface area contributed by atoms with Gasteiger partial charge in [0, 0.05) is 32.4 Å². The van der Waals surface area contributed by atoms with Crippen molar-refractivity contribution >= 4 is 5.91 Å². The molecule has 1 N–H and O–H groups in total. The highest BCUT2D eigenvalue weighted by atomic mass is 19.4. The van der Waals surface area contributed by atoms with E-state index in [0.29, 0.717) is 12.6 Å². The van der Waals surface area contributed by atoms with Crippen LogP contribution in [0.15, 0.2) is 6.20 Å². The SMILES string of the molecule is CC(C)N1CCC(CNC(=O)c2cn(C)nc2C(F)(F)F)C1. The zero-order valence-corrected chi connectivity index (χ0v) is 12.9. The van der Waals surface area contributed by atoms with Crippen molar-refractivity contribution in [3.05, 3.63) is 17.5 Å². The Labute approximate surface area is 127 Å². The van der Waals surface area contributed by atoms with Gasteiger partial charge in [-0.2, -0.15) is 18.3 Å². The molecule has 0 aliphatic carbocycles.